The molecule has 0 bridgehead atoms. The molecule has 0 N–H and O–H groups in total. The van der Waals surface area contributed by atoms with Crippen molar-refractivity contribution >= 4 is 5.97 Å². The van der Waals surface area contributed by atoms with E-state index in [1.807, 2.05) is 49.4 Å². The third-order valence-electron chi connectivity index (χ3n) is 2.50. The van der Waals surface area contributed by atoms with Crippen LogP contribution in [0.5, 0.6) is 0 Å². The average Bonchev–Trinajstić information content (AvgIpc) is 2.39. The summed E-state index contributed by atoms with van der Waals surface area (Å²) in [7, 11) is 0. The first kappa shape index (κ1) is 11.4. The number of rotatable bonds is 3. The van der Waals surface area contributed by atoms with E-state index in [9.17, 15) is 4.79 Å². The Balaban J connectivity index is 1.95. The molecule has 0 aliphatic carbocycles. The van der Waals surface area contributed by atoms with Gasteiger partial charge in [-0.1, -0.05) is 48.0 Å². The van der Waals surface area contributed by atoms with E-state index in [0.29, 0.717) is 12.2 Å². The Hall–Kier alpha value is -2.09. The fourth-order valence-corrected chi connectivity index (χ4v) is 1.49. The summed E-state index contributed by atoms with van der Waals surface area (Å²) in [5, 5.41) is 0. The van der Waals surface area contributed by atoms with Crippen molar-refractivity contribution in [2.45, 2.75) is 13.5 Å². The monoisotopic (exact) mass is 226 g/mol. The molecular formula is C15H14O2. The Labute approximate surface area is 101 Å². The van der Waals surface area contributed by atoms with Crippen molar-refractivity contribution in [3.63, 3.8) is 0 Å². The van der Waals surface area contributed by atoms with E-state index in [1.54, 1.807) is 12.1 Å². The van der Waals surface area contributed by atoms with Crippen molar-refractivity contribution in [2.24, 2.45) is 0 Å². The van der Waals surface area contributed by atoms with Gasteiger partial charge in [-0.15, -0.1) is 0 Å². The Morgan fingerprint density at radius 1 is 1.00 bits per heavy atom. The van der Waals surface area contributed by atoms with Gasteiger partial charge >= 0.3 is 5.97 Å². The van der Waals surface area contributed by atoms with Crippen LogP contribution >= 0.6 is 0 Å². The van der Waals surface area contributed by atoms with Gasteiger partial charge in [-0.3, -0.25) is 0 Å². The molecule has 0 aliphatic rings. The third-order valence-corrected chi connectivity index (χ3v) is 2.50. The van der Waals surface area contributed by atoms with Crippen molar-refractivity contribution in [2.75, 3.05) is 0 Å². The van der Waals surface area contributed by atoms with E-state index in [0.717, 1.165) is 5.56 Å². The van der Waals surface area contributed by atoms with Crippen LogP contribution in [0.3, 0.4) is 0 Å². The lowest BCUT2D eigenvalue weighted by atomic mass is 10.2. The number of aryl methyl sites for hydroxylation is 1. The Kier molecular flexibility index (Phi) is 3.55. The summed E-state index contributed by atoms with van der Waals surface area (Å²) < 4.78 is 5.22. The van der Waals surface area contributed by atoms with Crippen LogP contribution in [0.15, 0.2) is 54.6 Å². The van der Waals surface area contributed by atoms with Crippen LogP contribution in [-0.2, 0) is 11.3 Å². The zero-order valence-corrected chi connectivity index (χ0v) is 9.72. The maximum absolute atomic E-state index is 11.7. The van der Waals surface area contributed by atoms with Gasteiger partial charge in [0.1, 0.15) is 6.61 Å². The van der Waals surface area contributed by atoms with E-state index in [-0.39, 0.29) is 5.97 Å². The molecule has 0 aliphatic heterocycles. The summed E-state index contributed by atoms with van der Waals surface area (Å²) in [4.78, 5) is 11.7. The lowest BCUT2D eigenvalue weighted by Crippen LogP contribution is -2.04. The lowest BCUT2D eigenvalue weighted by Gasteiger charge is -2.05. The van der Waals surface area contributed by atoms with E-state index in [1.165, 1.54) is 5.56 Å². The number of hydrogen-bond donors (Lipinski definition) is 0. The number of ether oxygens (including phenoxy) is 1. The van der Waals surface area contributed by atoms with E-state index < -0.39 is 0 Å². The summed E-state index contributed by atoms with van der Waals surface area (Å²) in [6, 6.07) is 17.0. The second-order valence-electron chi connectivity index (χ2n) is 3.93. The van der Waals surface area contributed by atoms with Gasteiger partial charge < -0.3 is 4.74 Å². The zero-order valence-electron chi connectivity index (χ0n) is 9.72. The van der Waals surface area contributed by atoms with Crippen LogP contribution in [0.1, 0.15) is 21.5 Å². The van der Waals surface area contributed by atoms with Gasteiger partial charge in [0.2, 0.25) is 0 Å². The quantitative estimate of drug-likeness (QED) is 0.750. The number of carbonyl (C=O) groups is 1. The number of hydrogen-bond acceptors (Lipinski definition) is 2. The molecule has 0 amide bonds. The summed E-state index contributed by atoms with van der Waals surface area (Å²) in [6.07, 6.45) is 0. The Bertz CT molecular complexity index is 486. The molecule has 0 heterocycles. The van der Waals surface area contributed by atoms with E-state index in [2.05, 4.69) is 0 Å². The molecular weight excluding hydrogens is 212 g/mol. The molecule has 0 atom stereocenters. The molecule has 2 aromatic carbocycles. The molecule has 2 heteroatoms. The maximum atomic E-state index is 11.7. The number of carbonyl (C=O) groups excluding carboxylic acids is 1. The van der Waals surface area contributed by atoms with E-state index in [4.69, 9.17) is 4.74 Å². The normalized spacial score (nSPS) is 9.94. The highest BCUT2D eigenvalue weighted by Gasteiger charge is 2.05. The van der Waals surface area contributed by atoms with Crippen LogP contribution in [0.2, 0.25) is 0 Å². The van der Waals surface area contributed by atoms with Crippen LogP contribution in [0.25, 0.3) is 0 Å². The highest BCUT2D eigenvalue weighted by Crippen LogP contribution is 2.07. The predicted molar refractivity (Wildman–Crippen MR) is 66.7 cm³/mol. The fourth-order valence-electron chi connectivity index (χ4n) is 1.49. The predicted octanol–water partition coefficient (Wildman–Crippen LogP) is 3.35. The van der Waals surface area contributed by atoms with Crippen molar-refractivity contribution in [1.29, 1.82) is 0 Å². The fraction of sp³-hybridized carbons (Fsp3) is 0.133. The molecule has 0 saturated carbocycles. The summed E-state index contributed by atoms with van der Waals surface area (Å²) in [5.74, 6) is -0.286. The molecule has 0 fully saturated rings. The molecule has 2 nitrogen and oxygen atoms in total. The van der Waals surface area contributed by atoms with Gasteiger partial charge in [0.15, 0.2) is 0 Å². The molecule has 0 spiro atoms. The van der Waals surface area contributed by atoms with Gasteiger partial charge in [0.05, 0.1) is 5.56 Å². The van der Waals surface area contributed by atoms with Gasteiger partial charge in [-0.05, 0) is 24.6 Å². The van der Waals surface area contributed by atoms with Gasteiger partial charge in [-0.2, -0.15) is 0 Å². The smallest absolute Gasteiger partial charge is 0.338 e. The SMILES string of the molecule is Cc1ccc(COC(=O)c2ccccc2)cc1. The van der Waals surface area contributed by atoms with Gasteiger partial charge in [-0.25, -0.2) is 4.79 Å². The molecule has 0 unspecified atom stereocenters. The van der Waals surface area contributed by atoms with Crippen molar-refractivity contribution in [3.8, 4) is 0 Å². The van der Waals surface area contributed by atoms with Gasteiger partial charge in [0, 0.05) is 0 Å². The minimum Gasteiger partial charge on any atom is -0.457 e. The topological polar surface area (TPSA) is 26.3 Å². The first-order valence-corrected chi connectivity index (χ1v) is 5.53. The molecule has 0 saturated heterocycles. The Morgan fingerprint density at radius 3 is 2.29 bits per heavy atom. The van der Waals surface area contributed by atoms with Crippen LogP contribution in [0, 0.1) is 6.92 Å². The third kappa shape index (κ3) is 3.18. The second kappa shape index (κ2) is 5.30. The molecule has 2 rings (SSSR count). The van der Waals surface area contributed by atoms with Crippen LogP contribution in [0.4, 0.5) is 0 Å². The maximum Gasteiger partial charge on any atom is 0.338 e. The van der Waals surface area contributed by atoms with Crippen molar-refractivity contribution in [3.05, 3.63) is 71.3 Å². The highest BCUT2D eigenvalue weighted by atomic mass is 16.5. The zero-order chi connectivity index (χ0) is 12.1. The van der Waals surface area contributed by atoms with Gasteiger partial charge in [0.25, 0.3) is 0 Å². The largest absolute Gasteiger partial charge is 0.457 e. The number of esters is 1. The standard InChI is InChI=1S/C15H14O2/c1-12-7-9-13(10-8-12)11-17-15(16)14-5-3-2-4-6-14/h2-10H,11H2,1H3. The Morgan fingerprint density at radius 2 is 1.65 bits per heavy atom. The summed E-state index contributed by atoms with van der Waals surface area (Å²) >= 11 is 0. The lowest BCUT2D eigenvalue weighted by molar-refractivity contribution is 0.0472. The minimum absolute atomic E-state index is 0.286. The first-order valence-electron chi connectivity index (χ1n) is 5.53. The van der Waals surface area contributed by atoms with Crippen molar-refractivity contribution < 1.29 is 9.53 Å². The second-order valence-corrected chi connectivity index (χ2v) is 3.93. The highest BCUT2D eigenvalue weighted by molar-refractivity contribution is 5.89. The molecule has 2 aromatic rings. The van der Waals surface area contributed by atoms with E-state index >= 15 is 0 Å². The molecule has 0 aromatic heterocycles. The first-order chi connectivity index (χ1) is 8.25. The molecule has 86 valence electrons. The van der Waals surface area contributed by atoms with Crippen LogP contribution < -0.4 is 0 Å². The summed E-state index contributed by atoms with van der Waals surface area (Å²) in [6.45, 7) is 2.34. The summed E-state index contributed by atoms with van der Waals surface area (Å²) in [5.41, 5.74) is 2.78. The van der Waals surface area contributed by atoms with Crippen molar-refractivity contribution in [1.82, 2.24) is 0 Å². The molecule has 0 radical (unpaired) electrons. The average molecular weight is 226 g/mol. The minimum atomic E-state index is -0.286. The number of benzene rings is 2. The van der Waals surface area contributed by atoms with Crippen LogP contribution in [-0.4, -0.2) is 5.97 Å². The molecule has 17 heavy (non-hydrogen) atoms.